The number of hydrogen-bond donors (Lipinski definition) is 1. The Balaban J connectivity index is 2.21. The Kier molecular flexibility index (Phi) is 3.03. The summed E-state index contributed by atoms with van der Waals surface area (Å²) < 4.78 is 6.27. The molecule has 2 rings (SSSR count). The van der Waals surface area contributed by atoms with Gasteiger partial charge in [0, 0.05) is 6.61 Å². The molecule has 0 unspecified atom stereocenters. The van der Waals surface area contributed by atoms with Crippen LogP contribution in [-0.4, -0.2) is 18.8 Å². The second-order valence-corrected chi connectivity index (χ2v) is 5.06. The number of aliphatic hydroxyl groups is 1. The SMILES string of the molecule is COc1cccc(CC2(CO)CC2)c1Br. The largest absolute Gasteiger partial charge is 0.496 e. The van der Waals surface area contributed by atoms with E-state index in [1.165, 1.54) is 5.56 Å². The lowest BCUT2D eigenvalue weighted by molar-refractivity contribution is 0.211. The quantitative estimate of drug-likeness (QED) is 0.912. The number of aliphatic hydroxyl groups excluding tert-OH is 1. The molecule has 0 aliphatic heterocycles. The second kappa shape index (κ2) is 4.14. The molecule has 1 N–H and O–H groups in total. The molecule has 0 aromatic heterocycles. The normalized spacial score (nSPS) is 17.5. The highest BCUT2D eigenvalue weighted by Gasteiger charge is 2.42. The fourth-order valence-corrected chi connectivity index (χ4v) is 2.39. The van der Waals surface area contributed by atoms with E-state index in [0.29, 0.717) is 0 Å². The summed E-state index contributed by atoms with van der Waals surface area (Å²) in [7, 11) is 1.67. The number of halogens is 1. The number of hydrogen-bond acceptors (Lipinski definition) is 2. The van der Waals surface area contributed by atoms with Gasteiger partial charge in [-0.15, -0.1) is 0 Å². The van der Waals surface area contributed by atoms with E-state index in [1.807, 2.05) is 12.1 Å². The molecule has 1 aromatic carbocycles. The summed E-state index contributed by atoms with van der Waals surface area (Å²) in [5.74, 6) is 0.862. The van der Waals surface area contributed by atoms with Crippen LogP contribution in [0.25, 0.3) is 0 Å². The van der Waals surface area contributed by atoms with Crippen LogP contribution in [-0.2, 0) is 6.42 Å². The third-order valence-corrected chi connectivity index (χ3v) is 4.02. The standard InChI is InChI=1S/C12H15BrO2/c1-15-10-4-2-3-9(11(10)13)7-12(8-14)5-6-12/h2-4,14H,5-8H2,1H3. The fraction of sp³-hybridized carbons (Fsp3) is 0.500. The van der Waals surface area contributed by atoms with Crippen LogP contribution in [0.3, 0.4) is 0 Å². The van der Waals surface area contributed by atoms with Gasteiger partial charge in [0.2, 0.25) is 0 Å². The van der Waals surface area contributed by atoms with Gasteiger partial charge in [0.05, 0.1) is 11.6 Å². The highest BCUT2D eigenvalue weighted by atomic mass is 79.9. The maximum absolute atomic E-state index is 9.29. The molecule has 1 fully saturated rings. The Bertz CT molecular complexity index is 359. The lowest BCUT2D eigenvalue weighted by atomic mass is 9.97. The molecule has 0 bridgehead atoms. The van der Waals surface area contributed by atoms with E-state index in [-0.39, 0.29) is 12.0 Å². The van der Waals surface area contributed by atoms with Gasteiger partial charge in [-0.3, -0.25) is 0 Å². The molecular weight excluding hydrogens is 256 g/mol. The van der Waals surface area contributed by atoms with Crippen molar-refractivity contribution in [3.8, 4) is 5.75 Å². The molecule has 3 heteroatoms. The van der Waals surface area contributed by atoms with Gasteiger partial charge in [0.1, 0.15) is 5.75 Å². The van der Waals surface area contributed by atoms with Gasteiger partial charge in [-0.2, -0.15) is 0 Å². The van der Waals surface area contributed by atoms with Gasteiger partial charge in [-0.05, 0) is 52.2 Å². The van der Waals surface area contributed by atoms with Crippen LogP contribution in [0.5, 0.6) is 5.75 Å². The lowest BCUT2D eigenvalue weighted by Crippen LogP contribution is -2.10. The molecule has 1 aliphatic rings. The first kappa shape index (κ1) is 11.0. The maximum atomic E-state index is 9.29. The van der Waals surface area contributed by atoms with Gasteiger partial charge in [-0.25, -0.2) is 0 Å². The molecule has 2 nitrogen and oxygen atoms in total. The van der Waals surface area contributed by atoms with Gasteiger partial charge in [0.25, 0.3) is 0 Å². The Morgan fingerprint density at radius 2 is 2.20 bits per heavy atom. The van der Waals surface area contributed by atoms with Crippen LogP contribution in [0.1, 0.15) is 18.4 Å². The third-order valence-electron chi connectivity index (χ3n) is 3.12. The van der Waals surface area contributed by atoms with Gasteiger partial charge in [0.15, 0.2) is 0 Å². The van der Waals surface area contributed by atoms with Crippen molar-refractivity contribution < 1.29 is 9.84 Å². The molecule has 0 heterocycles. The van der Waals surface area contributed by atoms with E-state index in [2.05, 4.69) is 22.0 Å². The highest BCUT2D eigenvalue weighted by molar-refractivity contribution is 9.10. The monoisotopic (exact) mass is 270 g/mol. The summed E-state index contributed by atoms with van der Waals surface area (Å²) in [6.07, 6.45) is 3.20. The van der Waals surface area contributed by atoms with E-state index in [1.54, 1.807) is 7.11 Å². The number of rotatable bonds is 4. The zero-order chi connectivity index (χ0) is 10.9. The minimum atomic E-state index is 0.148. The van der Waals surface area contributed by atoms with Crippen LogP contribution in [0, 0.1) is 5.41 Å². The summed E-state index contributed by atoms with van der Waals surface area (Å²) in [6.45, 7) is 0.288. The van der Waals surface area contributed by atoms with Crippen LogP contribution >= 0.6 is 15.9 Å². The van der Waals surface area contributed by atoms with Crippen molar-refractivity contribution in [2.24, 2.45) is 5.41 Å². The minimum Gasteiger partial charge on any atom is -0.496 e. The molecule has 82 valence electrons. The van der Waals surface area contributed by atoms with E-state index in [0.717, 1.165) is 29.5 Å². The molecule has 0 radical (unpaired) electrons. The number of methoxy groups -OCH3 is 1. The third kappa shape index (κ3) is 2.18. The van der Waals surface area contributed by atoms with E-state index >= 15 is 0 Å². The Morgan fingerprint density at radius 1 is 1.47 bits per heavy atom. The first-order chi connectivity index (χ1) is 7.21. The Labute approximate surface area is 98.4 Å². The van der Waals surface area contributed by atoms with Crippen molar-refractivity contribution in [3.05, 3.63) is 28.2 Å². The van der Waals surface area contributed by atoms with Crippen LogP contribution in [0.4, 0.5) is 0 Å². The van der Waals surface area contributed by atoms with Crippen LogP contribution in [0.2, 0.25) is 0 Å². The van der Waals surface area contributed by atoms with Crippen LogP contribution in [0.15, 0.2) is 22.7 Å². The van der Waals surface area contributed by atoms with Gasteiger partial charge in [-0.1, -0.05) is 12.1 Å². The molecular formula is C12H15BrO2. The zero-order valence-corrected chi connectivity index (χ0v) is 10.4. The highest BCUT2D eigenvalue weighted by Crippen LogP contribution is 2.49. The molecule has 0 amide bonds. The van der Waals surface area contributed by atoms with Gasteiger partial charge < -0.3 is 9.84 Å². The van der Waals surface area contributed by atoms with E-state index in [9.17, 15) is 5.11 Å². The second-order valence-electron chi connectivity index (χ2n) is 4.27. The average Bonchev–Trinajstić information content (AvgIpc) is 3.02. The van der Waals surface area contributed by atoms with Crippen molar-refractivity contribution in [2.45, 2.75) is 19.3 Å². The van der Waals surface area contributed by atoms with Gasteiger partial charge >= 0.3 is 0 Å². The van der Waals surface area contributed by atoms with Crippen molar-refractivity contribution in [1.82, 2.24) is 0 Å². The zero-order valence-electron chi connectivity index (χ0n) is 8.79. The van der Waals surface area contributed by atoms with Crippen molar-refractivity contribution in [2.75, 3.05) is 13.7 Å². The smallest absolute Gasteiger partial charge is 0.133 e. The minimum absolute atomic E-state index is 0.148. The predicted octanol–water partition coefficient (Wildman–Crippen LogP) is 2.77. The molecule has 0 saturated heterocycles. The molecule has 1 aromatic rings. The summed E-state index contributed by atoms with van der Waals surface area (Å²) in [5.41, 5.74) is 1.37. The predicted molar refractivity (Wildman–Crippen MR) is 63.2 cm³/mol. The van der Waals surface area contributed by atoms with Crippen molar-refractivity contribution >= 4 is 15.9 Å². The Hall–Kier alpha value is -0.540. The number of ether oxygens (including phenoxy) is 1. The molecule has 0 spiro atoms. The van der Waals surface area contributed by atoms with E-state index in [4.69, 9.17) is 4.74 Å². The first-order valence-corrected chi connectivity index (χ1v) is 5.92. The van der Waals surface area contributed by atoms with E-state index < -0.39 is 0 Å². The maximum Gasteiger partial charge on any atom is 0.133 e. The summed E-state index contributed by atoms with van der Waals surface area (Å²) in [6, 6.07) is 6.01. The topological polar surface area (TPSA) is 29.5 Å². The fourth-order valence-electron chi connectivity index (χ4n) is 1.82. The first-order valence-electron chi connectivity index (χ1n) is 5.13. The van der Waals surface area contributed by atoms with Crippen molar-refractivity contribution in [3.63, 3.8) is 0 Å². The summed E-state index contributed by atoms with van der Waals surface area (Å²) >= 11 is 3.54. The molecule has 1 aliphatic carbocycles. The Morgan fingerprint density at radius 3 is 2.73 bits per heavy atom. The summed E-state index contributed by atoms with van der Waals surface area (Å²) in [5, 5.41) is 9.29. The van der Waals surface area contributed by atoms with Crippen LogP contribution < -0.4 is 4.74 Å². The molecule has 0 atom stereocenters. The number of benzene rings is 1. The molecule has 15 heavy (non-hydrogen) atoms. The summed E-state index contributed by atoms with van der Waals surface area (Å²) in [4.78, 5) is 0. The lowest BCUT2D eigenvalue weighted by Gasteiger charge is -2.14. The average molecular weight is 271 g/mol. The van der Waals surface area contributed by atoms with Crippen molar-refractivity contribution in [1.29, 1.82) is 0 Å². The molecule has 1 saturated carbocycles.